The van der Waals surface area contributed by atoms with E-state index < -0.39 is 0 Å². The van der Waals surface area contributed by atoms with Gasteiger partial charge in [0.1, 0.15) is 0 Å². The fraction of sp³-hybridized carbons (Fsp3) is 0.412. The maximum absolute atomic E-state index is 5.36. The number of ether oxygens (including phenoxy) is 2. The predicted octanol–water partition coefficient (Wildman–Crippen LogP) is 3.93. The number of hydrogen-bond acceptors (Lipinski definition) is 4. The molecule has 0 saturated carbocycles. The van der Waals surface area contributed by atoms with E-state index in [4.69, 9.17) is 9.47 Å². The van der Waals surface area contributed by atoms with Crippen LogP contribution in [0.4, 0.5) is 0 Å². The van der Waals surface area contributed by atoms with Gasteiger partial charge in [0.15, 0.2) is 11.5 Å². The average molecular weight is 303 g/mol. The van der Waals surface area contributed by atoms with E-state index in [9.17, 15) is 0 Å². The van der Waals surface area contributed by atoms with E-state index in [0.717, 1.165) is 18.0 Å². The van der Waals surface area contributed by atoms with Gasteiger partial charge in [0.05, 0.1) is 14.2 Å². The SMILES string of the molecule is COc1ccc(CNC2CCCc3sccc32)cc1OC. The monoisotopic (exact) mass is 303 g/mol. The first-order valence-corrected chi connectivity index (χ1v) is 8.20. The Bertz CT molecular complexity index is 609. The largest absolute Gasteiger partial charge is 0.493 e. The summed E-state index contributed by atoms with van der Waals surface area (Å²) in [5.41, 5.74) is 2.71. The topological polar surface area (TPSA) is 30.5 Å². The third-order valence-corrected chi connectivity index (χ3v) is 5.05. The Morgan fingerprint density at radius 2 is 2.05 bits per heavy atom. The van der Waals surface area contributed by atoms with Crippen molar-refractivity contribution in [2.24, 2.45) is 0 Å². The van der Waals surface area contributed by atoms with Crippen molar-refractivity contribution >= 4 is 11.3 Å². The van der Waals surface area contributed by atoms with Gasteiger partial charge in [0, 0.05) is 17.5 Å². The zero-order valence-electron chi connectivity index (χ0n) is 12.5. The molecule has 0 spiro atoms. The molecule has 1 aromatic carbocycles. The van der Waals surface area contributed by atoms with E-state index in [2.05, 4.69) is 22.8 Å². The summed E-state index contributed by atoms with van der Waals surface area (Å²) in [6.45, 7) is 0.848. The minimum absolute atomic E-state index is 0.480. The molecule has 1 N–H and O–H groups in total. The van der Waals surface area contributed by atoms with E-state index in [1.165, 1.54) is 30.4 Å². The van der Waals surface area contributed by atoms with Gasteiger partial charge >= 0.3 is 0 Å². The van der Waals surface area contributed by atoms with Gasteiger partial charge in [-0.3, -0.25) is 0 Å². The van der Waals surface area contributed by atoms with Gasteiger partial charge in [0.2, 0.25) is 0 Å². The molecule has 1 aliphatic rings. The van der Waals surface area contributed by atoms with Crippen LogP contribution in [0.2, 0.25) is 0 Å². The lowest BCUT2D eigenvalue weighted by atomic mass is 9.94. The van der Waals surface area contributed by atoms with Crippen molar-refractivity contribution in [1.82, 2.24) is 5.32 Å². The maximum atomic E-state index is 5.36. The third-order valence-electron chi connectivity index (χ3n) is 4.05. The minimum atomic E-state index is 0.480. The number of benzene rings is 1. The molecule has 0 bridgehead atoms. The van der Waals surface area contributed by atoms with Gasteiger partial charge in [-0.2, -0.15) is 0 Å². The van der Waals surface area contributed by atoms with Gasteiger partial charge in [-0.15, -0.1) is 11.3 Å². The van der Waals surface area contributed by atoms with Crippen molar-refractivity contribution in [2.75, 3.05) is 14.2 Å². The fourth-order valence-corrected chi connectivity index (χ4v) is 3.92. The second kappa shape index (κ2) is 6.50. The van der Waals surface area contributed by atoms with Crippen molar-refractivity contribution < 1.29 is 9.47 Å². The lowest BCUT2D eigenvalue weighted by Crippen LogP contribution is -2.23. The molecule has 3 nitrogen and oxygen atoms in total. The standard InChI is InChI=1S/C17H21NO2S/c1-19-15-7-6-12(10-16(15)20-2)11-18-14-4-3-5-17-13(14)8-9-21-17/h6-10,14,18H,3-5,11H2,1-2H3. The van der Waals surface area contributed by atoms with E-state index in [-0.39, 0.29) is 0 Å². The molecule has 1 heterocycles. The molecule has 0 amide bonds. The van der Waals surface area contributed by atoms with Crippen LogP contribution in [0.1, 0.15) is 34.9 Å². The summed E-state index contributed by atoms with van der Waals surface area (Å²) in [5, 5.41) is 5.89. The van der Waals surface area contributed by atoms with Gasteiger partial charge in [-0.25, -0.2) is 0 Å². The van der Waals surface area contributed by atoms with Crippen LogP contribution in [0, 0.1) is 0 Å². The van der Waals surface area contributed by atoms with Crippen molar-refractivity contribution in [2.45, 2.75) is 31.8 Å². The second-order valence-electron chi connectivity index (χ2n) is 5.31. The predicted molar refractivity (Wildman–Crippen MR) is 86.4 cm³/mol. The highest BCUT2D eigenvalue weighted by Gasteiger charge is 2.20. The molecule has 0 radical (unpaired) electrons. The number of methoxy groups -OCH3 is 2. The average Bonchev–Trinajstić information content (AvgIpc) is 3.01. The molecule has 0 fully saturated rings. The smallest absolute Gasteiger partial charge is 0.161 e. The summed E-state index contributed by atoms with van der Waals surface area (Å²) >= 11 is 1.89. The van der Waals surface area contributed by atoms with E-state index in [1.54, 1.807) is 19.1 Å². The van der Waals surface area contributed by atoms with Gasteiger partial charge in [0.25, 0.3) is 0 Å². The summed E-state index contributed by atoms with van der Waals surface area (Å²) in [5.74, 6) is 1.57. The summed E-state index contributed by atoms with van der Waals surface area (Å²) < 4.78 is 10.6. The Labute approximate surface area is 129 Å². The van der Waals surface area contributed by atoms with Crippen molar-refractivity contribution in [3.63, 3.8) is 0 Å². The number of fused-ring (bicyclic) bond motifs is 1. The van der Waals surface area contributed by atoms with E-state index in [0.29, 0.717) is 6.04 Å². The van der Waals surface area contributed by atoms with E-state index in [1.807, 2.05) is 23.5 Å². The molecule has 2 aromatic rings. The van der Waals surface area contributed by atoms with Crippen molar-refractivity contribution in [3.8, 4) is 11.5 Å². The third kappa shape index (κ3) is 3.06. The molecule has 112 valence electrons. The molecule has 21 heavy (non-hydrogen) atoms. The number of aryl methyl sites for hydroxylation is 1. The highest BCUT2D eigenvalue weighted by Crippen LogP contribution is 2.34. The molecule has 0 saturated heterocycles. The molecule has 0 aliphatic heterocycles. The zero-order valence-corrected chi connectivity index (χ0v) is 13.3. The molecular weight excluding hydrogens is 282 g/mol. The molecular formula is C17H21NO2S. The first-order chi connectivity index (χ1) is 10.3. The van der Waals surface area contributed by atoms with Crippen molar-refractivity contribution in [3.05, 3.63) is 45.6 Å². The molecule has 1 unspecified atom stereocenters. The molecule has 3 rings (SSSR count). The maximum Gasteiger partial charge on any atom is 0.161 e. The van der Waals surface area contributed by atoms with Crippen molar-refractivity contribution in [1.29, 1.82) is 0 Å². The number of hydrogen-bond donors (Lipinski definition) is 1. The Balaban J connectivity index is 1.69. The summed E-state index contributed by atoms with van der Waals surface area (Å²) in [7, 11) is 3.34. The van der Waals surface area contributed by atoms with Crippen LogP contribution in [-0.4, -0.2) is 14.2 Å². The lowest BCUT2D eigenvalue weighted by Gasteiger charge is -2.24. The van der Waals surface area contributed by atoms with Crippen LogP contribution < -0.4 is 14.8 Å². The highest BCUT2D eigenvalue weighted by atomic mass is 32.1. The molecule has 1 aromatic heterocycles. The number of nitrogens with one attached hydrogen (secondary N) is 1. The first-order valence-electron chi connectivity index (χ1n) is 7.32. The van der Waals surface area contributed by atoms with Crippen LogP contribution in [0.15, 0.2) is 29.6 Å². The van der Waals surface area contributed by atoms with E-state index >= 15 is 0 Å². The zero-order chi connectivity index (χ0) is 14.7. The Morgan fingerprint density at radius 1 is 1.19 bits per heavy atom. The van der Waals surface area contributed by atoms with Crippen LogP contribution >= 0.6 is 11.3 Å². The lowest BCUT2D eigenvalue weighted by molar-refractivity contribution is 0.354. The molecule has 4 heteroatoms. The highest BCUT2D eigenvalue weighted by molar-refractivity contribution is 7.10. The Kier molecular flexibility index (Phi) is 4.46. The molecule has 1 atom stereocenters. The quantitative estimate of drug-likeness (QED) is 0.908. The fourth-order valence-electron chi connectivity index (χ4n) is 2.93. The first kappa shape index (κ1) is 14.4. The Morgan fingerprint density at radius 3 is 2.86 bits per heavy atom. The number of rotatable bonds is 5. The van der Waals surface area contributed by atoms with Crippen LogP contribution in [-0.2, 0) is 13.0 Å². The Hall–Kier alpha value is -1.52. The van der Waals surface area contributed by atoms with Crippen LogP contribution in [0.25, 0.3) is 0 Å². The van der Waals surface area contributed by atoms with Gasteiger partial charge in [-0.1, -0.05) is 6.07 Å². The minimum Gasteiger partial charge on any atom is -0.493 e. The van der Waals surface area contributed by atoms with Crippen LogP contribution in [0.3, 0.4) is 0 Å². The number of thiophene rings is 1. The summed E-state index contributed by atoms with van der Waals surface area (Å²) in [6, 6.07) is 8.85. The molecule has 1 aliphatic carbocycles. The van der Waals surface area contributed by atoms with Gasteiger partial charge < -0.3 is 14.8 Å². The van der Waals surface area contributed by atoms with Crippen LogP contribution in [0.5, 0.6) is 11.5 Å². The summed E-state index contributed by atoms with van der Waals surface area (Å²) in [4.78, 5) is 1.55. The second-order valence-corrected chi connectivity index (χ2v) is 6.31. The summed E-state index contributed by atoms with van der Waals surface area (Å²) in [6.07, 6.45) is 3.73. The van der Waals surface area contributed by atoms with Gasteiger partial charge in [-0.05, 0) is 54.0 Å². The normalized spacial score (nSPS) is 17.3.